The van der Waals surface area contributed by atoms with Crippen LogP contribution in [0.1, 0.15) is 11.1 Å². The van der Waals surface area contributed by atoms with Crippen LogP contribution in [0, 0.1) is 13.8 Å². The summed E-state index contributed by atoms with van der Waals surface area (Å²) in [6.07, 6.45) is 1.81. The van der Waals surface area contributed by atoms with Gasteiger partial charge in [-0.2, -0.15) is 0 Å². The summed E-state index contributed by atoms with van der Waals surface area (Å²) in [5.74, 6) is 1.84. The van der Waals surface area contributed by atoms with E-state index in [0.717, 1.165) is 15.7 Å². The molecule has 5 heteroatoms. The third kappa shape index (κ3) is 3.92. The number of ether oxygens (including phenoxy) is 1. The van der Waals surface area contributed by atoms with Crippen LogP contribution in [-0.2, 0) is 0 Å². The lowest BCUT2D eigenvalue weighted by atomic mass is 10.1. The molecule has 0 atom stereocenters. The predicted molar refractivity (Wildman–Crippen MR) is 78.7 cm³/mol. The molecule has 1 aromatic carbocycles. The predicted octanol–water partition coefficient (Wildman–Crippen LogP) is 3.51. The second kappa shape index (κ2) is 6.11. The molecule has 3 nitrogen and oxygen atoms in total. The summed E-state index contributed by atoms with van der Waals surface area (Å²) < 4.78 is 6.86. The highest BCUT2D eigenvalue weighted by molar-refractivity contribution is 8.01. The number of anilines is 1. The fourth-order valence-electron chi connectivity index (χ4n) is 1.66. The lowest BCUT2D eigenvalue weighted by Crippen LogP contribution is -2.00. The van der Waals surface area contributed by atoms with E-state index < -0.39 is 0 Å². The first kappa shape index (κ1) is 13.2. The monoisotopic (exact) mass is 280 g/mol. The molecule has 0 unspecified atom stereocenters. The first-order valence-electron chi connectivity index (χ1n) is 5.69. The number of hydrogen-bond acceptors (Lipinski definition) is 5. The second-order valence-corrected chi connectivity index (χ2v) is 6.50. The summed E-state index contributed by atoms with van der Waals surface area (Å²) in [6.45, 7) is 4.84. The molecule has 0 saturated heterocycles. The van der Waals surface area contributed by atoms with Gasteiger partial charge in [-0.3, -0.25) is 0 Å². The van der Waals surface area contributed by atoms with Crippen LogP contribution in [0.2, 0.25) is 0 Å². The van der Waals surface area contributed by atoms with Gasteiger partial charge in [-0.15, -0.1) is 11.8 Å². The molecule has 2 rings (SSSR count). The molecule has 0 aliphatic carbocycles. The Morgan fingerprint density at radius 2 is 2.00 bits per heavy atom. The zero-order valence-corrected chi connectivity index (χ0v) is 12.1. The number of nitrogens with zero attached hydrogens (tertiary/aromatic N) is 1. The molecule has 0 saturated carbocycles. The molecule has 0 radical (unpaired) electrons. The third-order valence-electron chi connectivity index (χ3n) is 2.29. The molecule has 2 N–H and O–H groups in total. The molecule has 0 amide bonds. The van der Waals surface area contributed by atoms with Crippen LogP contribution in [0.4, 0.5) is 5.13 Å². The van der Waals surface area contributed by atoms with Gasteiger partial charge in [-0.1, -0.05) is 17.4 Å². The molecule has 0 aliphatic rings. The number of nitrogens with two attached hydrogens (primary N) is 1. The van der Waals surface area contributed by atoms with E-state index in [2.05, 4.69) is 37.0 Å². The maximum Gasteiger partial charge on any atom is 0.181 e. The molecule has 96 valence electrons. The molecular weight excluding hydrogens is 264 g/mol. The molecule has 2 aromatic rings. The molecule has 0 spiro atoms. The van der Waals surface area contributed by atoms with Crippen molar-refractivity contribution in [3.8, 4) is 5.75 Å². The SMILES string of the molecule is Cc1cc(C)cc(OCCSc2cnc(N)s2)c1. The van der Waals surface area contributed by atoms with Crippen LogP contribution in [0.3, 0.4) is 0 Å². The summed E-state index contributed by atoms with van der Waals surface area (Å²) in [5.41, 5.74) is 8.03. The van der Waals surface area contributed by atoms with Gasteiger partial charge < -0.3 is 10.5 Å². The van der Waals surface area contributed by atoms with Crippen LogP contribution in [0.15, 0.2) is 28.6 Å². The smallest absolute Gasteiger partial charge is 0.181 e. The number of benzene rings is 1. The van der Waals surface area contributed by atoms with Gasteiger partial charge in [0.2, 0.25) is 0 Å². The van der Waals surface area contributed by atoms with Crippen molar-refractivity contribution in [2.75, 3.05) is 18.1 Å². The summed E-state index contributed by atoms with van der Waals surface area (Å²) in [5, 5.41) is 0.618. The van der Waals surface area contributed by atoms with Crippen LogP contribution in [-0.4, -0.2) is 17.3 Å². The highest BCUT2D eigenvalue weighted by Crippen LogP contribution is 2.26. The van der Waals surface area contributed by atoms with Crippen LogP contribution >= 0.6 is 23.1 Å². The summed E-state index contributed by atoms with van der Waals surface area (Å²) in [6, 6.07) is 6.26. The zero-order chi connectivity index (χ0) is 13.0. The highest BCUT2D eigenvalue weighted by Gasteiger charge is 2.00. The highest BCUT2D eigenvalue weighted by atomic mass is 32.2. The number of aryl methyl sites for hydroxylation is 2. The van der Waals surface area contributed by atoms with Gasteiger partial charge >= 0.3 is 0 Å². The maximum atomic E-state index is 5.73. The molecule has 0 bridgehead atoms. The van der Waals surface area contributed by atoms with Gasteiger partial charge in [-0.05, 0) is 37.1 Å². The minimum atomic E-state index is 0.618. The molecule has 0 fully saturated rings. The largest absolute Gasteiger partial charge is 0.493 e. The van der Waals surface area contributed by atoms with Gasteiger partial charge in [0.15, 0.2) is 5.13 Å². The Hall–Kier alpha value is -1.20. The molecule has 0 aliphatic heterocycles. The molecule has 18 heavy (non-hydrogen) atoms. The lowest BCUT2D eigenvalue weighted by Gasteiger charge is -2.07. The summed E-state index contributed by atoms with van der Waals surface area (Å²) >= 11 is 3.23. The van der Waals surface area contributed by atoms with Crippen LogP contribution in [0.5, 0.6) is 5.75 Å². The van der Waals surface area contributed by atoms with Gasteiger partial charge in [0.25, 0.3) is 0 Å². The lowest BCUT2D eigenvalue weighted by molar-refractivity contribution is 0.343. The van der Waals surface area contributed by atoms with Crippen LogP contribution < -0.4 is 10.5 Å². The number of thioether (sulfide) groups is 1. The Kier molecular flexibility index (Phi) is 4.49. The van der Waals surface area contributed by atoms with E-state index in [4.69, 9.17) is 10.5 Å². The van der Waals surface area contributed by atoms with Gasteiger partial charge in [-0.25, -0.2) is 4.98 Å². The van der Waals surface area contributed by atoms with E-state index in [1.54, 1.807) is 11.8 Å². The first-order valence-corrected chi connectivity index (χ1v) is 7.49. The van der Waals surface area contributed by atoms with E-state index in [9.17, 15) is 0 Å². The minimum Gasteiger partial charge on any atom is -0.493 e. The summed E-state index contributed by atoms with van der Waals surface area (Å²) in [4.78, 5) is 4.01. The van der Waals surface area contributed by atoms with E-state index in [1.165, 1.54) is 22.5 Å². The van der Waals surface area contributed by atoms with Crippen LogP contribution in [0.25, 0.3) is 0 Å². The van der Waals surface area contributed by atoms with E-state index >= 15 is 0 Å². The van der Waals surface area contributed by atoms with Crippen molar-refractivity contribution in [1.29, 1.82) is 0 Å². The number of nitrogen functional groups attached to an aromatic ring is 1. The Labute approximate surface area is 115 Å². The van der Waals surface area contributed by atoms with E-state index in [-0.39, 0.29) is 0 Å². The second-order valence-electron chi connectivity index (χ2n) is 4.04. The average molecular weight is 280 g/mol. The third-order valence-corrected chi connectivity index (χ3v) is 4.28. The number of rotatable bonds is 5. The minimum absolute atomic E-state index is 0.618. The fourth-order valence-corrected chi connectivity index (χ4v) is 3.31. The standard InChI is InChI=1S/C13H16N2OS2/c1-9-5-10(2)7-11(6-9)16-3-4-17-12-8-15-13(14)18-12/h5-8H,3-4H2,1-2H3,(H2,14,15). The molecule has 1 aromatic heterocycles. The van der Waals surface area contributed by atoms with Crippen molar-refractivity contribution >= 4 is 28.2 Å². The first-order chi connectivity index (χ1) is 8.63. The zero-order valence-electron chi connectivity index (χ0n) is 10.5. The average Bonchev–Trinajstić information content (AvgIpc) is 2.69. The van der Waals surface area contributed by atoms with Crippen molar-refractivity contribution in [3.63, 3.8) is 0 Å². The fraction of sp³-hybridized carbons (Fsp3) is 0.308. The Morgan fingerprint density at radius 1 is 1.28 bits per heavy atom. The van der Waals surface area contributed by atoms with Crippen molar-refractivity contribution in [3.05, 3.63) is 35.5 Å². The van der Waals surface area contributed by atoms with Crippen molar-refractivity contribution in [2.24, 2.45) is 0 Å². The normalized spacial score (nSPS) is 10.6. The van der Waals surface area contributed by atoms with Gasteiger partial charge in [0, 0.05) is 5.75 Å². The Bertz CT molecular complexity index is 505. The molecule has 1 heterocycles. The van der Waals surface area contributed by atoms with Gasteiger partial charge in [0.1, 0.15) is 5.75 Å². The van der Waals surface area contributed by atoms with E-state index in [1.807, 2.05) is 6.20 Å². The van der Waals surface area contributed by atoms with Crippen molar-refractivity contribution in [1.82, 2.24) is 4.98 Å². The summed E-state index contributed by atoms with van der Waals surface area (Å²) in [7, 11) is 0. The Balaban J connectivity index is 1.78. The Morgan fingerprint density at radius 3 is 2.61 bits per heavy atom. The number of aromatic nitrogens is 1. The maximum absolute atomic E-state index is 5.73. The topological polar surface area (TPSA) is 48.1 Å². The number of thiazole rings is 1. The quantitative estimate of drug-likeness (QED) is 0.672. The van der Waals surface area contributed by atoms with Crippen molar-refractivity contribution < 1.29 is 4.74 Å². The van der Waals surface area contributed by atoms with Gasteiger partial charge in [0.05, 0.1) is 17.0 Å². The molecular formula is C13H16N2OS2. The van der Waals surface area contributed by atoms with Crippen molar-refractivity contribution in [2.45, 2.75) is 18.1 Å². The van der Waals surface area contributed by atoms with E-state index in [0.29, 0.717) is 11.7 Å². The number of hydrogen-bond donors (Lipinski definition) is 1.